The van der Waals surface area contributed by atoms with Crippen molar-refractivity contribution in [3.63, 3.8) is 0 Å². The molecule has 1 fully saturated rings. The molecule has 0 spiro atoms. The highest BCUT2D eigenvalue weighted by Crippen LogP contribution is 2.36. The summed E-state index contributed by atoms with van der Waals surface area (Å²) in [6, 6.07) is 8.48. The van der Waals surface area contributed by atoms with Gasteiger partial charge in [0.25, 0.3) is 0 Å². The minimum atomic E-state index is 0.787. The largest absolute Gasteiger partial charge is 0.493 e. The lowest BCUT2D eigenvalue weighted by atomic mass is 9.77. The lowest BCUT2D eigenvalue weighted by Gasteiger charge is -2.28. The fourth-order valence-electron chi connectivity index (χ4n) is 6.55. The molecule has 40 heavy (non-hydrogen) atoms. The van der Waals surface area contributed by atoms with E-state index in [1.54, 1.807) is 6.33 Å². The highest BCUT2D eigenvalue weighted by Gasteiger charge is 2.21. The SMILES string of the molecule is CCCCCCCCCCCCOc1ccccc1-c1ncncc1CCC1CCC(CCCCCCC)CC1. The fraction of sp³-hybridized carbons (Fsp3) is 0.730. The number of hydrogen-bond donors (Lipinski definition) is 0. The number of unbranched alkanes of at least 4 members (excludes halogenated alkanes) is 13. The summed E-state index contributed by atoms with van der Waals surface area (Å²) in [6.07, 6.45) is 33.7. The lowest BCUT2D eigenvalue weighted by Crippen LogP contribution is -2.15. The molecule has 3 heteroatoms. The van der Waals surface area contributed by atoms with Crippen molar-refractivity contribution in [2.75, 3.05) is 6.61 Å². The van der Waals surface area contributed by atoms with Gasteiger partial charge in [-0.15, -0.1) is 0 Å². The quantitative estimate of drug-likeness (QED) is 0.137. The molecule has 0 saturated heterocycles. The van der Waals surface area contributed by atoms with E-state index in [4.69, 9.17) is 9.72 Å². The van der Waals surface area contributed by atoms with Crippen molar-refractivity contribution in [2.24, 2.45) is 11.8 Å². The van der Waals surface area contributed by atoms with Crippen LogP contribution in [0, 0.1) is 11.8 Å². The summed E-state index contributed by atoms with van der Waals surface area (Å²) in [5.41, 5.74) is 3.46. The van der Waals surface area contributed by atoms with Gasteiger partial charge in [0.1, 0.15) is 12.1 Å². The van der Waals surface area contributed by atoms with Crippen LogP contribution in [0.1, 0.15) is 154 Å². The summed E-state index contributed by atoms with van der Waals surface area (Å²) >= 11 is 0. The van der Waals surface area contributed by atoms with E-state index in [1.165, 1.54) is 134 Å². The molecule has 3 rings (SSSR count). The van der Waals surface area contributed by atoms with Crippen molar-refractivity contribution >= 4 is 0 Å². The Hall–Kier alpha value is -1.90. The molecule has 3 nitrogen and oxygen atoms in total. The molecule has 1 aliphatic carbocycles. The van der Waals surface area contributed by atoms with Gasteiger partial charge in [-0.3, -0.25) is 0 Å². The van der Waals surface area contributed by atoms with Crippen LogP contribution in [0.25, 0.3) is 11.3 Å². The average Bonchev–Trinajstić information content (AvgIpc) is 3.00. The maximum atomic E-state index is 6.32. The topological polar surface area (TPSA) is 35.0 Å². The van der Waals surface area contributed by atoms with Crippen molar-refractivity contribution in [3.05, 3.63) is 42.4 Å². The zero-order valence-electron chi connectivity index (χ0n) is 26.2. The van der Waals surface area contributed by atoms with E-state index in [0.29, 0.717) is 0 Å². The smallest absolute Gasteiger partial charge is 0.128 e. The lowest BCUT2D eigenvalue weighted by molar-refractivity contribution is 0.248. The Morgan fingerprint density at radius 2 is 1.25 bits per heavy atom. The van der Waals surface area contributed by atoms with Crippen molar-refractivity contribution in [1.82, 2.24) is 9.97 Å². The number of benzene rings is 1. The van der Waals surface area contributed by atoms with Gasteiger partial charge in [0.2, 0.25) is 0 Å². The standard InChI is InChI=1S/C37H60N2O/c1-3-5-7-9-10-11-12-13-15-19-29-40-36-22-18-17-21-35(36)37-34(30-38-31-39-37)28-27-33-25-23-32(24-26-33)20-16-14-8-6-4-2/h17-18,21-22,30-33H,3-16,19-20,23-29H2,1-2H3. The van der Waals surface area contributed by atoms with Gasteiger partial charge in [-0.05, 0) is 48.8 Å². The Morgan fingerprint density at radius 1 is 0.675 bits per heavy atom. The third kappa shape index (κ3) is 12.7. The number of nitrogens with zero attached hydrogens (tertiary/aromatic N) is 2. The second-order valence-electron chi connectivity index (χ2n) is 12.6. The van der Waals surface area contributed by atoms with E-state index >= 15 is 0 Å². The molecule has 0 unspecified atom stereocenters. The van der Waals surface area contributed by atoms with E-state index in [-0.39, 0.29) is 0 Å². The van der Waals surface area contributed by atoms with Crippen molar-refractivity contribution in [2.45, 2.75) is 155 Å². The highest BCUT2D eigenvalue weighted by atomic mass is 16.5. The Bertz CT molecular complexity index is 889. The third-order valence-corrected chi connectivity index (χ3v) is 9.19. The molecule has 1 saturated carbocycles. The average molecular weight is 549 g/mol. The van der Waals surface area contributed by atoms with Crippen LogP contribution in [-0.2, 0) is 6.42 Å². The first-order chi connectivity index (χ1) is 19.8. The molecule has 0 N–H and O–H groups in total. The van der Waals surface area contributed by atoms with Crippen LogP contribution < -0.4 is 4.74 Å². The summed E-state index contributed by atoms with van der Waals surface area (Å²) < 4.78 is 6.32. The van der Waals surface area contributed by atoms with E-state index in [9.17, 15) is 0 Å². The molecule has 1 aromatic heterocycles. The number of rotatable bonds is 22. The maximum Gasteiger partial charge on any atom is 0.128 e. The van der Waals surface area contributed by atoms with Crippen LogP contribution >= 0.6 is 0 Å². The zero-order chi connectivity index (χ0) is 28.1. The molecule has 224 valence electrons. The van der Waals surface area contributed by atoms with Crippen molar-refractivity contribution in [3.8, 4) is 17.0 Å². The van der Waals surface area contributed by atoms with Crippen molar-refractivity contribution < 1.29 is 4.74 Å². The highest BCUT2D eigenvalue weighted by molar-refractivity contribution is 5.69. The van der Waals surface area contributed by atoms with E-state index in [1.807, 2.05) is 6.20 Å². The number of para-hydroxylation sites is 1. The number of aromatic nitrogens is 2. The third-order valence-electron chi connectivity index (χ3n) is 9.19. The number of hydrogen-bond acceptors (Lipinski definition) is 3. The minimum absolute atomic E-state index is 0.787. The monoisotopic (exact) mass is 548 g/mol. The molecule has 2 aromatic rings. The van der Waals surface area contributed by atoms with Gasteiger partial charge >= 0.3 is 0 Å². The van der Waals surface area contributed by atoms with Crippen LogP contribution in [0.3, 0.4) is 0 Å². The fourth-order valence-corrected chi connectivity index (χ4v) is 6.55. The first-order valence-electron chi connectivity index (χ1n) is 17.3. The van der Waals surface area contributed by atoms with Gasteiger partial charge in [-0.1, -0.05) is 148 Å². The zero-order valence-corrected chi connectivity index (χ0v) is 26.2. The van der Waals surface area contributed by atoms with Crippen LogP contribution in [-0.4, -0.2) is 16.6 Å². The number of ether oxygens (including phenoxy) is 1. The van der Waals surface area contributed by atoms with Gasteiger partial charge in [-0.25, -0.2) is 9.97 Å². The molecular formula is C37H60N2O. The molecule has 0 bridgehead atoms. The predicted molar refractivity (Wildman–Crippen MR) is 172 cm³/mol. The van der Waals surface area contributed by atoms with E-state index in [0.717, 1.165) is 48.3 Å². The Balaban J connectivity index is 1.39. The summed E-state index contributed by atoms with van der Waals surface area (Å²) in [7, 11) is 0. The molecule has 1 aromatic carbocycles. The molecule has 0 aliphatic heterocycles. The normalized spacial score (nSPS) is 17.2. The second kappa shape index (κ2) is 20.9. The summed E-state index contributed by atoms with van der Waals surface area (Å²) in [6.45, 7) is 5.38. The van der Waals surface area contributed by atoms with Gasteiger partial charge in [-0.2, -0.15) is 0 Å². The number of aryl methyl sites for hydroxylation is 1. The van der Waals surface area contributed by atoms with Gasteiger partial charge in [0, 0.05) is 11.8 Å². The molecule has 0 amide bonds. The van der Waals surface area contributed by atoms with E-state index in [2.05, 4.69) is 43.1 Å². The maximum absolute atomic E-state index is 6.32. The summed E-state index contributed by atoms with van der Waals surface area (Å²) in [5, 5.41) is 0. The summed E-state index contributed by atoms with van der Waals surface area (Å²) in [4.78, 5) is 9.16. The van der Waals surface area contributed by atoms with E-state index < -0.39 is 0 Å². The van der Waals surface area contributed by atoms with Crippen LogP contribution in [0.5, 0.6) is 5.75 Å². The van der Waals surface area contributed by atoms with Crippen LogP contribution in [0.4, 0.5) is 0 Å². The Labute approximate surface area is 247 Å². The first kappa shape index (κ1) is 32.6. The Kier molecular flexibility index (Phi) is 17.0. The molecule has 0 atom stereocenters. The Morgan fingerprint density at radius 3 is 1.93 bits per heavy atom. The molecular weight excluding hydrogens is 488 g/mol. The van der Waals surface area contributed by atoms with Gasteiger partial charge in [0.15, 0.2) is 0 Å². The van der Waals surface area contributed by atoms with Gasteiger partial charge in [0.05, 0.1) is 12.3 Å². The molecule has 0 radical (unpaired) electrons. The van der Waals surface area contributed by atoms with Crippen LogP contribution in [0.2, 0.25) is 0 Å². The molecule has 1 aliphatic rings. The summed E-state index contributed by atoms with van der Waals surface area (Å²) in [5.74, 6) is 2.80. The van der Waals surface area contributed by atoms with Crippen LogP contribution in [0.15, 0.2) is 36.8 Å². The van der Waals surface area contributed by atoms with Crippen molar-refractivity contribution in [1.29, 1.82) is 0 Å². The molecule has 1 heterocycles. The van der Waals surface area contributed by atoms with Gasteiger partial charge < -0.3 is 4.74 Å². The first-order valence-corrected chi connectivity index (χ1v) is 17.3. The predicted octanol–water partition coefficient (Wildman–Crippen LogP) is 11.5. The second-order valence-corrected chi connectivity index (χ2v) is 12.6. The minimum Gasteiger partial charge on any atom is -0.493 e.